The predicted octanol–water partition coefficient (Wildman–Crippen LogP) is -0.933. The van der Waals surface area contributed by atoms with E-state index in [1.807, 2.05) is 18.8 Å². The molecule has 3 N–H and O–H groups in total. The predicted molar refractivity (Wildman–Crippen MR) is 74.3 cm³/mol. The first-order valence-corrected chi connectivity index (χ1v) is 7.66. The average Bonchev–Trinajstić information content (AvgIpc) is 2.76. The van der Waals surface area contributed by atoms with Gasteiger partial charge < -0.3 is 4.98 Å². The maximum atomic E-state index is 12.0. The van der Waals surface area contributed by atoms with Gasteiger partial charge in [0.15, 0.2) is 4.90 Å². The summed E-state index contributed by atoms with van der Waals surface area (Å²) < 4.78 is 28.1. The van der Waals surface area contributed by atoms with Crippen molar-refractivity contribution in [1.82, 2.24) is 24.5 Å². The number of aromatic amines is 2. The highest BCUT2D eigenvalue weighted by Crippen LogP contribution is 2.08. The first kappa shape index (κ1) is 15.2. The lowest BCUT2D eigenvalue weighted by molar-refractivity contribution is 0.578. The molecule has 0 saturated carbocycles. The minimum Gasteiger partial charge on any atom is -0.313 e. The molecule has 10 heteroatoms. The van der Waals surface area contributed by atoms with Gasteiger partial charge in [-0.25, -0.2) is 17.9 Å². The number of hydrogen-bond donors (Lipinski definition) is 3. The van der Waals surface area contributed by atoms with E-state index >= 15 is 0 Å². The molecule has 0 atom stereocenters. The fraction of sp³-hybridized carbons (Fsp3) is 0.364. The Morgan fingerprint density at radius 3 is 2.67 bits per heavy atom. The summed E-state index contributed by atoms with van der Waals surface area (Å²) >= 11 is 0. The van der Waals surface area contributed by atoms with Gasteiger partial charge in [0.25, 0.3) is 5.56 Å². The van der Waals surface area contributed by atoms with Crippen molar-refractivity contribution >= 4 is 10.0 Å². The van der Waals surface area contributed by atoms with Gasteiger partial charge in [0, 0.05) is 30.5 Å². The summed E-state index contributed by atoms with van der Waals surface area (Å²) in [5.74, 6) is 0. The molecule has 21 heavy (non-hydrogen) atoms. The maximum Gasteiger partial charge on any atom is 0.325 e. The molecule has 0 aromatic carbocycles. The first-order valence-electron chi connectivity index (χ1n) is 6.18. The van der Waals surface area contributed by atoms with Crippen LogP contribution in [-0.4, -0.2) is 28.2 Å². The smallest absolute Gasteiger partial charge is 0.313 e. The Balaban J connectivity index is 2.24. The Bertz CT molecular complexity index is 861. The first-order chi connectivity index (χ1) is 9.85. The quantitative estimate of drug-likeness (QED) is 0.656. The van der Waals surface area contributed by atoms with E-state index in [2.05, 4.69) is 14.8 Å². The summed E-state index contributed by atoms with van der Waals surface area (Å²) in [4.78, 5) is 25.8. The summed E-state index contributed by atoms with van der Waals surface area (Å²) in [6, 6.07) is 0. The van der Waals surface area contributed by atoms with Crippen molar-refractivity contribution in [2.24, 2.45) is 0 Å². The summed E-state index contributed by atoms with van der Waals surface area (Å²) in [5, 5.41) is 4.10. The second-order valence-electron chi connectivity index (χ2n) is 4.33. The second kappa shape index (κ2) is 5.66. The zero-order valence-corrected chi connectivity index (χ0v) is 12.3. The Kier molecular flexibility index (Phi) is 4.09. The van der Waals surface area contributed by atoms with Crippen molar-refractivity contribution in [3.63, 3.8) is 0 Å². The molecule has 2 rings (SSSR count). The van der Waals surface area contributed by atoms with Crippen molar-refractivity contribution in [2.75, 3.05) is 0 Å². The maximum absolute atomic E-state index is 12.0. The van der Waals surface area contributed by atoms with Crippen LogP contribution in [0.25, 0.3) is 0 Å². The van der Waals surface area contributed by atoms with Crippen LogP contribution in [0.4, 0.5) is 0 Å². The fourth-order valence-corrected chi connectivity index (χ4v) is 2.84. The van der Waals surface area contributed by atoms with Crippen LogP contribution in [0.15, 0.2) is 26.9 Å². The van der Waals surface area contributed by atoms with Crippen LogP contribution in [0.1, 0.15) is 18.2 Å². The van der Waals surface area contributed by atoms with Gasteiger partial charge in [-0.3, -0.25) is 14.5 Å². The lowest BCUT2D eigenvalue weighted by Gasteiger charge is -2.06. The van der Waals surface area contributed by atoms with Gasteiger partial charge in [-0.05, 0) is 13.8 Å². The Morgan fingerprint density at radius 1 is 1.38 bits per heavy atom. The molecule has 0 unspecified atom stereocenters. The van der Waals surface area contributed by atoms with Gasteiger partial charge in [0.05, 0.1) is 6.20 Å². The van der Waals surface area contributed by atoms with Gasteiger partial charge in [-0.2, -0.15) is 5.10 Å². The van der Waals surface area contributed by atoms with E-state index in [-0.39, 0.29) is 6.54 Å². The molecule has 0 saturated heterocycles. The molecule has 2 heterocycles. The number of nitrogens with zero attached hydrogens (tertiary/aromatic N) is 2. The summed E-state index contributed by atoms with van der Waals surface area (Å²) in [6.45, 7) is 4.44. The van der Waals surface area contributed by atoms with E-state index < -0.39 is 26.2 Å². The number of sulfonamides is 1. The largest absolute Gasteiger partial charge is 0.325 e. The van der Waals surface area contributed by atoms with Gasteiger partial charge in [-0.15, -0.1) is 0 Å². The number of nitrogens with one attached hydrogen (secondary N) is 3. The molecule has 2 aromatic heterocycles. The number of hydrogen-bond acceptors (Lipinski definition) is 5. The van der Waals surface area contributed by atoms with Gasteiger partial charge in [0.2, 0.25) is 10.0 Å². The SMILES string of the molecule is CCn1ncc(CNS(=O)(=O)c2c[nH]c(=O)[nH]c2=O)c1C. The number of aryl methyl sites for hydroxylation is 1. The minimum absolute atomic E-state index is 0.00668. The number of aromatic nitrogens is 4. The van der Waals surface area contributed by atoms with Crippen molar-refractivity contribution in [2.45, 2.75) is 31.8 Å². The molecule has 0 fully saturated rings. The van der Waals surface area contributed by atoms with E-state index in [1.165, 1.54) is 0 Å². The second-order valence-corrected chi connectivity index (χ2v) is 6.07. The fourth-order valence-electron chi connectivity index (χ4n) is 1.83. The van der Waals surface area contributed by atoms with Crippen LogP contribution < -0.4 is 16.0 Å². The zero-order valence-electron chi connectivity index (χ0n) is 11.5. The third kappa shape index (κ3) is 3.11. The summed E-state index contributed by atoms with van der Waals surface area (Å²) in [5.41, 5.74) is -0.178. The van der Waals surface area contributed by atoms with Crippen molar-refractivity contribution in [1.29, 1.82) is 0 Å². The molecule has 0 aliphatic heterocycles. The minimum atomic E-state index is -4.02. The highest BCUT2D eigenvalue weighted by molar-refractivity contribution is 7.89. The zero-order chi connectivity index (χ0) is 15.6. The van der Waals surface area contributed by atoms with Crippen LogP contribution in [0.5, 0.6) is 0 Å². The Hall–Kier alpha value is -2.20. The van der Waals surface area contributed by atoms with E-state index in [1.54, 1.807) is 10.9 Å². The van der Waals surface area contributed by atoms with E-state index in [0.29, 0.717) is 12.1 Å². The van der Waals surface area contributed by atoms with Gasteiger partial charge >= 0.3 is 5.69 Å². The molecule has 0 spiro atoms. The Morgan fingerprint density at radius 2 is 2.10 bits per heavy atom. The molecule has 114 valence electrons. The monoisotopic (exact) mass is 313 g/mol. The van der Waals surface area contributed by atoms with Crippen LogP contribution in [0.3, 0.4) is 0 Å². The standard InChI is InChI=1S/C11H15N5O4S/c1-3-16-7(2)8(4-13-16)5-14-21(19,20)9-6-12-11(18)15-10(9)17/h4,6,14H,3,5H2,1-2H3,(H2,12,15,17,18). The van der Waals surface area contributed by atoms with Gasteiger partial charge in [-0.1, -0.05) is 0 Å². The van der Waals surface area contributed by atoms with Crippen LogP contribution >= 0.6 is 0 Å². The molecular weight excluding hydrogens is 298 g/mol. The third-order valence-electron chi connectivity index (χ3n) is 3.03. The van der Waals surface area contributed by atoms with E-state index in [0.717, 1.165) is 11.9 Å². The number of rotatable bonds is 5. The molecular formula is C11H15N5O4S. The van der Waals surface area contributed by atoms with Crippen molar-refractivity contribution < 1.29 is 8.42 Å². The highest BCUT2D eigenvalue weighted by atomic mass is 32.2. The topological polar surface area (TPSA) is 130 Å². The van der Waals surface area contributed by atoms with Crippen molar-refractivity contribution in [3.05, 3.63) is 44.5 Å². The summed E-state index contributed by atoms with van der Waals surface area (Å²) in [7, 11) is -4.02. The molecule has 0 radical (unpaired) electrons. The Labute approximate surface area is 120 Å². The lowest BCUT2D eigenvalue weighted by Crippen LogP contribution is -2.32. The van der Waals surface area contributed by atoms with E-state index in [9.17, 15) is 18.0 Å². The van der Waals surface area contributed by atoms with Crippen LogP contribution in [-0.2, 0) is 23.1 Å². The van der Waals surface area contributed by atoms with Crippen molar-refractivity contribution in [3.8, 4) is 0 Å². The normalized spacial score (nSPS) is 11.7. The van der Waals surface area contributed by atoms with Crippen LogP contribution in [0.2, 0.25) is 0 Å². The summed E-state index contributed by atoms with van der Waals surface area (Å²) in [6.07, 6.45) is 2.43. The highest BCUT2D eigenvalue weighted by Gasteiger charge is 2.19. The molecule has 2 aromatic rings. The molecule has 0 aliphatic carbocycles. The van der Waals surface area contributed by atoms with Crippen LogP contribution in [0, 0.1) is 6.92 Å². The van der Waals surface area contributed by atoms with E-state index in [4.69, 9.17) is 0 Å². The third-order valence-corrected chi connectivity index (χ3v) is 4.44. The number of H-pyrrole nitrogens is 2. The average molecular weight is 313 g/mol. The van der Waals surface area contributed by atoms with Gasteiger partial charge in [0.1, 0.15) is 0 Å². The molecule has 9 nitrogen and oxygen atoms in total. The molecule has 0 aliphatic rings. The molecule has 0 bridgehead atoms. The molecule has 0 amide bonds. The lowest BCUT2D eigenvalue weighted by atomic mass is 10.3.